The maximum absolute atomic E-state index is 10.9. The van der Waals surface area contributed by atoms with Gasteiger partial charge in [-0.05, 0) is 42.5 Å². The van der Waals surface area contributed by atoms with E-state index in [1.54, 1.807) is 36.5 Å². The molecule has 6 heteroatoms. The molecule has 0 saturated heterocycles. The number of rotatable bonds is 6. The number of halogens is 1. The molecule has 24 heavy (non-hydrogen) atoms. The van der Waals surface area contributed by atoms with Crippen LogP contribution in [0.1, 0.15) is 16.2 Å². The van der Waals surface area contributed by atoms with Crippen LogP contribution in [0.3, 0.4) is 0 Å². The van der Waals surface area contributed by atoms with Crippen molar-refractivity contribution in [1.29, 1.82) is 0 Å². The van der Waals surface area contributed by atoms with E-state index >= 15 is 0 Å². The summed E-state index contributed by atoms with van der Waals surface area (Å²) in [6, 6.07) is 12.2. The predicted octanol–water partition coefficient (Wildman–Crippen LogP) is 4.40. The second kappa shape index (κ2) is 7.19. The van der Waals surface area contributed by atoms with Crippen LogP contribution in [-0.4, -0.2) is 18.4 Å². The zero-order valence-electron chi connectivity index (χ0n) is 12.9. The van der Waals surface area contributed by atoms with Gasteiger partial charge in [-0.2, -0.15) is 0 Å². The van der Waals surface area contributed by atoms with Crippen molar-refractivity contribution in [2.24, 2.45) is 0 Å². The van der Waals surface area contributed by atoms with Gasteiger partial charge in [0.25, 0.3) is 0 Å². The predicted molar refractivity (Wildman–Crippen MR) is 89.7 cm³/mol. The van der Waals surface area contributed by atoms with E-state index in [4.69, 9.17) is 25.5 Å². The molecule has 1 aromatic heterocycles. The summed E-state index contributed by atoms with van der Waals surface area (Å²) < 4.78 is 16.6. The highest BCUT2D eigenvalue weighted by atomic mass is 35.5. The van der Waals surface area contributed by atoms with Gasteiger partial charge in [0.2, 0.25) is 5.89 Å². The Labute approximate surface area is 143 Å². The molecule has 0 N–H and O–H groups in total. The summed E-state index contributed by atoms with van der Waals surface area (Å²) in [5, 5.41) is 0.656. The van der Waals surface area contributed by atoms with Crippen LogP contribution < -0.4 is 9.47 Å². The molecule has 3 aromatic rings. The first kappa shape index (κ1) is 16.1. The van der Waals surface area contributed by atoms with Gasteiger partial charge in [-0.15, -0.1) is 0 Å². The van der Waals surface area contributed by atoms with E-state index < -0.39 is 0 Å². The van der Waals surface area contributed by atoms with Gasteiger partial charge in [0, 0.05) is 16.1 Å². The molecule has 0 atom stereocenters. The first-order valence-electron chi connectivity index (χ1n) is 7.16. The van der Waals surface area contributed by atoms with Gasteiger partial charge in [0.05, 0.1) is 13.3 Å². The van der Waals surface area contributed by atoms with Crippen molar-refractivity contribution in [1.82, 2.24) is 4.98 Å². The van der Waals surface area contributed by atoms with E-state index in [2.05, 4.69) is 4.98 Å². The summed E-state index contributed by atoms with van der Waals surface area (Å²) in [4.78, 5) is 15.1. The number of nitrogens with zero attached hydrogens (tertiary/aromatic N) is 1. The van der Waals surface area contributed by atoms with Crippen molar-refractivity contribution >= 4 is 17.9 Å². The number of carbonyl (C=O) groups is 1. The third-order valence-corrected chi connectivity index (χ3v) is 3.61. The second-order valence-corrected chi connectivity index (χ2v) is 5.38. The van der Waals surface area contributed by atoms with Crippen molar-refractivity contribution in [3.63, 3.8) is 0 Å². The number of benzene rings is 2. The van der Waals surface area contributed by atoms with Gasteiger partial charge in [0.1, 0.15) is 6.29 Å². The fourth-order valence-corrected chi connectivity index (χ4v) is 2.27. The third kappa shape index (κ3) is 3.58. The van der Waals surface area contributed by atoms with Crippen molar-refractivity contribution in [2.45, 2.75) is 6.61 Å². The standard InChI is InChI=1S/C18H14ClNO4/c1-22-15-7-2-12(10-21)8-16(15)23-11-18-20-9-17(24-18)13-3-5-14(19)6-4-13/h2-10H,11H2,1H3. The van der Waals surface area contributed by atoms with Gasteiger partial charge in [0.15, 0.2) is 23.9 Å². The van der Waals surface area contributed by atoms with Crippen LogP contribution >= 0.6 is 11.6 Å². The molecule has 0 saturated carbocycles. The maximum Gasteiger partial charge on any atom is 0.232 e. The Hall–Kier alpha value is -2.79. The lowest BCUT2D eigenvalue weighted by atomic mass is 10.2. The molecule has 0 amide bonds. The lowest BCUT2D eigenvalue weighted by molar-refractivity contribution is 0.112. The Balaban J connectivity index is 1.74. The molecule has 0 aliphatic rings. The number of ether oxygens (including phenoxy) is 2. The van der Waals surface area contributed by atoms with Crippen LogP contribution in [0.4, 0.5) is 0 Å². The van der Waals surface area contributed by atoms with Gasteiger partial charge in [-0.1, -0.05) is 11.6 Å². The number of hydrogen-bond acceptors (Lipinski definition) is 5. The van der Waals surface area contributed by atoms with Crippen LogP contribution in [0.15, 0.2) is 53.1 Å². The average Bonchev–Trinajstić information content (AvgIpc) is 3.09. The molecule has 0 radical (unpaired) electrons. The van der Waals surface area contributed by atoms with Crippen LogP contribution in [0, 0.1) is 0 Å². The Bertz CT molecular complexity index is 842. The number of aromatic nitrogens is 1. The monoisotopic (exact) mass is 343 g/mol. The minimum atomic E-state index is 0.117. The van der Waals surface area contributed by atoms with Gasteiger partial charge >= 0.3 is 0 Å². The highest BCUT2D eigenvalue weighted by Crippen LogP contribution is 2.29. The lowest BCUT2D eigenvalue weighted by Crippen LogP contribution is -1.98. The van der Waals surface area contributed by atoms with Crippen molar-refractivity contribution < 1.29 is 18.7 Å². The zero-order chi connectivity index (χ0) is 16.9. The maximum atomic E-state index is 10.9. The summed E-state index contributed by atoms with van der Waals surface area (Å²) in [7, 11) is 1.53. The molecule has 5 nitrogen and oxygen atoms in total. The second-order valence-electron chi connectivity index (χ2n) is 4.94. The largest absolute Gasteiger partial charge is 0.493 e. The number of methoxy groups -OCH3 is 1. The molecule has 2 aromatic carbocycles. The summed E-state index contributed by atoms with van der Waals surface area (Å²) in [6.07, 6.45) is 2.37. The van der Waals surface area contributed by atoms with E-state index in [0.717, 1.165) is 11.8 Å². The van der Waals surface area contributed by atoms with Crippen LogP contribution in [-0.2, 0) is 6.61 Å². The van der Waals surface area contributed by atoms with E-state index in [-0.39, 0.29) is 6.61 Å². The molecule has 122 valence electrons. The summed E-state index contributed by atoms with van der Waals surface area (Å²) >= 11 is 5.87. The molecule has 0 aliphatic heterocycles. The Morgan fingerprint density at radius 1 is 1.17 bits per heavy atom. The smallest absolute Gasteiger partial charge is 0.232 e. The topological polar surface area (TPSA) is 61.6 Å². The van der Waals surface area contributed by atoms with E-state index in [1.807, 2.05) is 12.1 Å². The molecular weight excluding hydrogens is 330 g/mol. The SMILES string of the molecule is COc1ccc(C=O)cc1OCc1ncc(-c2ccc(Cl)cc2)o1. The summed E-state index contributed by atoms with van der Waals surface area (Å²) in [5.74, 6) is 2.02. The Morgan fingerprint density at radius 2 is 1.96 bits per heavy atom. The summed E-state index contributed by atoms with van der Waals surface area (Å²) in [5.41, 5.74) is 1.37. The molecule has 1 heterocycles. The normalized spacial score (nSPS) is 10.4. The Morgan fingerprint density at radius 3 is 2.67 bits per heavy atom. The molecular formula is C18H14ClNO4. The first-order chi connectivity index (χ1) is 11.7. The van der Waals surface area contributed by atoms with Crippen LogP contribution in [0.2, 0.25) is 5.02 Å². The minimum Gasteiger partial charge on any atom is -0.493 e. The fraction of sp³-hybridized carbons (Fsp3) is 0.111. The lowest BCUT2D eigenvalue weighted by Gasteiger charge is -2.09. The minimum absolute atomic E-state index is 0.117. The van der Waals surface area contributed by atoms with E-state index in [1.165, 1.54) is 7.11 Å². The van der Waals surface area contributed by atoms with E-state index in [0.29, 0.717) is 33.7 Å². The van der Waals surface area contributed by atoms with Gasteiger partial charge in [-0.3, -0.25) is 4.79 Å². The highest BCUT2D eigenvalue weighted by molar-refractivity contribution is 6.30. The first-order valence-corrected chi connectivity index (χ1v) is 7.54. The fourth-order valence-electron chi connectivity index (χ4n) is 2.14. The quantitative estimate of drug-likeness (QED) is 0.621. The summed E-state index contributed by atoms with van der Waals surface area (Å²) in [6.45, 7) is 0.117. The Kier molecular flexibility index (Phi) is 4.82. The molecule has 0 bridgehead atoms. The molecule has 0 aliphatic carbocycles. The molecule has 0 unspecified atom stereocenters. The number of aldehydes is 1. The van der Waals surface area contributed by atoms with Gasteiger partial charge in [-0.25, -0.2) is 4.98 Å². The van der Waals surface area contributed by atoms with Crippen molar-refractivity contribution in [3.8, 4) is 22.8 Å². The average molecular weight is 344 g/mol. The number of hydrogen-bond donors (Lipinski definition) is 0. The van der Waals surface area contributed by atoms with Crippen LogP contribution in [0.25, 0.3) is 11.3 Å². The molecule has 0 spiro atoms. The van der Waals surface area contributed by atoms with Crippen molar-refractivity contribution in [3.05, 3.63) is 65.1 Å². The molecule has 3 rings (SSSR count). The van der Waals surface area contributed by atoms with E-state index in [9.17, 15) is 4.79 Å². The van der Waals surface area contributed by atoms with Crippen LogP contribution in [0.5, 0.6) is 11.5 Å². The zero-order valence-corrected chi connectivity index (χ0v) is 13.6. The number of oxazole rings is 1. The van der Waals surface area contributed by atoms with Crippen molar-refractivity contribution in [2.75, 3.05) is 7.11 Å². The highest BCUT2D eigenvalue weighted by Gasteiger charge is 2.10. The molecule has 0 fully saturated rings. The number of carbonyl (C=O) groups excluding carboxylic acids is 1. The van der Waals surface area contributed by atoms with Gasteiger partial charge < -0.3 is 13.9 Å². The third-order valence-electron chi connectivity index (χ3n) is 3.36.